The average Bonchev–Trinajstić information content (AvgIpc) is 3.24. The van der Waals surface area contributed by atoms with Crippen molar-refractivity contribution < 1.29 is 9.59 Å². The molecule has 1 N–H and O–H groups in total. The summed E-state index contributed by atoms with van der Waals surface area (Å²) in [4.78, 5) is 27.3. The van der Waals surface area contributed by atoms with Gasteiger partial charge in [-0.15, -0.1) is 0 Å². The van der Waals surface area contributed by atoms with Crippen LogP contribution in [0.3, 0.4) is 0 Å². The molecule has 1 aliphatic carbocycles. The van der Waals surface area contributed by atoms with E-state index < -0.39 is 5.41 Å². The smallest absolute Gasteiger partial charge is 0.247 e. The van der Waals surface area contributed by atoms with Gasteiger partial charge in [-0.05, 0) is 53.6 Å². The van der Waals surface area contributed by atoms with Crippen molar-refractivity contribution in [3.63, 3.8) is 0 Å². The second-order valence-electron chi connectivity index (χ2n) is 8.60. The third-order valence-electron chi connectivity index (χ3n) is 5.52. The molecule has 2 aromatic rings. The van der Waals surface area contributed by atoms with Gasteiger partial charge in [-0.2, -0.15) is 0 Å². The van der Waals surface area contributed by atoms with E-state index in [9.17, 15) is 9.59 Å². The molecular formula is C23H26N2O2. The lowest BCUT2D eigenvalue weighted by molar-refractivity contribution is -0.143. The lowest BCUT2D eigenvalue weighted by Crippen LogP contribution is -2.47. The third-order valence-corrected chi connectivity index (χ3v) is 5.52. The van der Waals surface area contributed by atoms with E-state index in [0.717, 1.165) is 24.9 Å². The Bertz CT molecular complexity index is 911. The van der Waals surface area contributed by atoms with Crippen molar-refractivity contribution in [3.05, 3.63) is 53.6 Å². The van der Waals surface area contributed by atoms with E-state index in [1.54, 1.807) is 4.90 Å². The van der Waals surface area contributed by atoms with Crippen LogP contribution in [0.1, 0.15) is 44.7 Å². The Labute approximate surface area is 160 Å². The molecule has 1 fully saturated rings. The monoisotopic (exact) mass is 362 g/mol. The van der Waals surface area contributed by atoms with Crippen LogP contribution in [0, 0.1) is 5.41 Å². The summed E-state index contributed by atoms with van der Waals surface area (Å²) in [6, 6.07) is 14.2. The quantitative estimate of drug-likeness (QED) is 0.741. The Morgan fingerprint density at radius 3 is 2.56 bits per heavy atom. The second kappa shape index (κ2) is 6.52. The molecule has 0 radical (unpaired) electrons. The number of nitrogens with one attached hydrogen (secondary N) is 1. The van der Waals surface area contributed by atoms with Crippen molar-refractivity contribution in [3.8, 4) is 11.1 Å². The summed E-state index contributed by atoms with van der Waals surface area (Å²) in [5.41, 5.74) is 5.43. The van der Waals surface area contributed by atoms with Crippen molar-refractivity contribution in [1.29, 1.82) is 0 Å². The molecule has 0 spiro atoms. The Morgan fingerprint density at radius 1 is 1.04 bits per heavy atom. The summed E-state index contributed by atoms with van der Waals surface area (Å²) in [5, 5.41) is 3.04. The summed E-state index contributed by atoms with van der Waals surface area (Å²) in [5.74, 6) is -0.0369. The Balaban J connectivity index is 1.51. The topological polar surface area (TPSA) is 49.4 Å². The predicted molar refractivity (Wildman–Crippen MR) is 108 cm³/mol. The van der Waals surface area contributed by atoms with Crippen LogP contribution in [0.2, 0.25) is 0 Å². The molecule has 1 unspecified atom stereocenters. The van der Waals surface area contributed by atoms with E-state index in [-0.39, 0.29) is 17.9 Å². The first-order valence-corrected chi connectivity index (χ1v) is 9.68. The number of hydrogen-bond donors (Lipinski definition) is 1. The van der Waals surface area contributed by atoms with E-state index in [2.05, 4.69) is 41.7 Å². The number of nitrogens with zero attached hydrogens (tertiary/aromatic N) is 1. The van der Waals surface area contributed by atoms with E-state index >= 15 is 0 Å². The first-order chi connectivity index (χ1) is 12.8. The zero-order chi connectivity index (χ0) is 19.2. The van der Waals surface area contributed by atoms with Crippen LogP contribution in [-0.4, -0.2) is 29.3 Å². The Hall–Kier alpha value is -2.62. The third kappa shape index (κ3) is 3.25. The highest BCUT2D eigenvalue weighted by atomic mass is 16.2. The van der Waals surface area contributed by atoms with E-state index in [4.69, 9.17) is 0 Å². The number of fused-ring (bicyclic) bond motifs is 3. The van der Waals surface area contributed by atoms with Gasteiger partial charge in [0.1, 0.15) is 6.04 Å². The minimum absolute atomic E-state index is 0.0459. The van der Waals surface area contributed by atoms with Crippen LogP contribution in [0.5, 0.6) is 0 Å². The van der Waals surface area contributed by atoms with Gasteiger partial charge in [0.05, 0.1) is 0 Å². The summed E-state index contributed by atoms with van der Waals surface area (Å²) in [7, 11) is 0. The molecule has 0 bridgehead atoms. The number of likely N-dealkylation sites (tertiary alicyclic amines) is 1. The summed E-state index contributed by atoms with van der Waals surface area (Å²) >= 11 is 0. The molecule has 1 heterocycles. The molecule has 1 saturated heterocycles. The van der Waals surface area contributed by atoms with Gasteiger partial charge in [-0.25, -0.2) is 0 Å². The maximum absolute atomic E-state index is 12.9. The van der Waals surface area contributed by atoms with Gasteiger partial charge in [0.25, 0.3) is 0 Å². The molecule has 4 nitrogen and oxygen atoms in total. The van der Waals surface area contributed by atoms with Crippen LogP contribution in [-0.2, 0) is 16.0 Å². The zero-order valence-corrected chi connectivity index (χ0v) is 16.2. The summed E-state index contributed by atoms with van der Waals surface area (Å²) < 4.78 is 0. The first-order valence-electron chi connectivity index (χ1n) is 9.68. The number of benzene rings is 2. The fourth-order valence-corrected chi connectivity index (χ4v) is 4.16. The van der Waals surface area contributed by atoms with Crippen molar-refractivity contribution >= 4 is 17.5 Å². The summed E-state index contributed by atoms with van der Waals surface area (Å²) in [6.07, 6.45) is 2.50. The van der Waals surface area contributed by atoms with Crippen molar-refractivity contribution in [2.45, 2.75) is 46.1 Å². The maximum Gasteiger partial charge on any atom is 0.247 e. The molecule has 1 aliphatic heterocycles. The Kier molecular flexibility index (Phi) is 4.29. The van der Waals surface area contributed by atoms with Crippen LogP contribution < -0.4 is 5.32 Å². The number of anilines is 1. The predicted octanol–water partition coefficient (Wildman–Crippen LogP) is 4.23. The van der Waals surface area contributed by atoms with Gasteiger partial charge >= 0.3 is 0 Å². The van der Waals surface area contributed by atoms with Crippen LogP contribution in [0.25, 0.3) is 11.1 Å². The lowest BCUT2D eigenvalue weighted by Gasteiger charge is -2.30. The second-order valence-corrected chi connectivity index (χ2v) is 8.60. The van der Waals surface area contributed by atoms with Crippen LogP contribution in [0.15, 0.2) is 42.5 Å². The van der Waals surface area contributed by atoms with Crippen molar-refractivity contribution in [1.82, 2.24) is 4.90 Å². The Morgan fingerprint density at radius 2 is 1.78 bits per heavy atom. The van der Waals surface area contributed by atoms with E-state index in [0.29, 0.717) is 6.54 Å². The van der Waals surface area contributed by atoms with Crippen molar-refractivity contribution in [2.75, 3.05) is 11.9 Å². The van der Waals surface area contributed by atoms with E-state index in [1.165, 1.54) is 22.3 Å². The molecule has 2 amide bonds. The van der Waals surface area contributed by atoms with Gasteiger partial charge in [-0.3, -0.25) is 9.59 Å². The fraction of sp³-hybridized carbons (Fsp3) is 0.391. The molecule has 2 aromatic carbocycles. The van der Waals surface area contributed by atoms with E-state index in [1.807, 2.05) is 26.8 Å². The number of amides is 2. The van der Waals surface area contributed by atoms with Gasteiger partial charge in [0, 0.05) is 17.6 Å². The number of hydrogen-bond acceptors (Lipinski definition) is 2. The average molecular weight is 362 g/mol. The van der Waals surface area contributed by atoms with Gasteiger partial charge in [-0.1, -0.05) is 51.1 Å². The molecular weight excluding hydrogens is 336 g/mol. The minimum atomic E-state index is -0.470. The standard InChI is InChI=1S/C23H26N2O2/c1-23(2,3)22(27)25-12-6-9-20(25)21(26)24-17-10-11-19-16(14-17)13-15-7-4-5-8-18(15)19/h4-5,7-8,10-11,14,20H,6,9,12-13H2,1-3H3,(H,24,26). The molecule has 2 aliphatic rings. The fourth-order valence-electron chi connectivity index (χ4n) is 4.16. The molecule has 0 aromatic heterocycles. The molecule has 0 saturated carbocycles. The molecule has 4 rings (SSSR count). The zero-order valence-electron chi connectivity index (χ0n) is 16.2. The molecule has 4 heteroatoms. The number of carbonyl (C=O) groups is 2. The molecule has 1 atom stereocenters. The van der Waals surface area contributed by atoms with Crippen molar-refractivity contribution in [2.24, 2.45) is 5.41 Å². The van der Waals surface area contributed by atoms with Gasteiger partial charge < -0.3 is 10.2 Å². The minimum Gasteiger partial charge on any atom is -0.330 e. The van der Waals surface area contributed by atoms with Crippen LogP contribution in [0.4, 0.5) is 5.69 Å². The highest BCUT2D eigenvalue weighted by molar-refractivity contribution is 5.98. The number of carbonyl (C=O) groups excluding carboxylic acids is 2. The largest absolute Gasteiger partial charge is 0.330 e. The van der Waals surface area contributed by atoms with Gasteiger partial charge in [0.2, 0.25) is 11.8 Å². The molecule has 27 heavy (non-hydrogen) atoms. The van der Waals surface area contributed by atoms with Crippen LogP contribution >= 0.6 is 0 Å². The molecule has 140 valence electrons. The summed E-state index contributed by atoms with van der Waals surface area (Å²) in [6.45, 7) is 6.37. The maximum atomic E-state index is 12.9. The highest BCUT2D eigenvalue weighted by Crippen LogP contribution is 2.37. The van der Waals surface area contributed by atoms with Gasteiger partial charge in [0.15, 0.2) is 0 Å². The normalized spacial score (nSPS) is 18.2. The highest BCUT2D eigenvalue weighted by Gasteiger charge is 2.38. The number of rotatable bonds is 2. The first kappa shape index (κ1) is 17.8. The SMILES string of the molecule is CC(C)(C)C(=O)N1CCCC1C(=O)Nc1ccc2c(c1)Cc1ccccc1-2. The lowest BCUT2D eigenvalue weighted by atomic mass is 9.94.